The maximum Gasteiger partial charge on any atom is 0.244 e. The van der Waals surface area contributed by atoms with Gasteiger partial charge in [-0.1, -0.05) is 41.9 Å². The zero-order valence-corrected chi connectivity index (χ0v) is 18.4. The summed E-state index contributed by atoms with van der Waals surface area (Å²) in [6.45, 7) is 0.268. The van der Waals surface area contributed by atoms with Crippen LogP contribution in [0, 0.1) is 0 Å². The molecule has 8 heteroatoms. The van der Waals surface area contributed by atoms with Gasteiger partial charge in [0.1, 0.15) is 36.2 Å². The zero-order chi connectivity index (χ0) is 22.5. The van der Waals surface area contributed by atoms with Gasteiger partial charge >= 0.3 is 0 Å². The standard InChI is InChI=1S/C24H22ClN3O4/c1-30-21-13-22(31-2)19(12-17(21)25)27-24(29)14-28-20-11-7-6-10-18(20)26-23(28)15-32-16-8-4-3-5-9-16/h3-13H,14-15H2,1-2H3,(H,27,29). The van der Waals surface area contributed by atoms with Crippen LogP contribution in [-0.2, 0) is 17.9 Å². The number of hydrogen-bond acceptors (Lipinski definition) is 5. The fourth-order valence-electron chi connectivity index (χ4n) is 3.37. The van der Waals surface area contributed by atoms with E-state index in [1.54, 1.807) is 12.1 Å². The van der Waals surface area contributed by atoms with E-state index in [4.69, 9.17) is 25.8 Å². The van der Waals surface area contributed by atoms with E-state index < -0.39 is 0 Å². The van der Waals surface area contributed by atoms with Crippen molar-refractivity contribution >= 4 is 34.2 Å². The van der Waals surface area contributed by atoms with Gasteiger partial charge in [0.2, 0.25) is 5.91 Å². The third-order valence-electron chi connectivity index (χ3n) is 4.89. The number of para-hydroxylation sites is 3. The van der Waals surface area contributed by atoms with Crippen LogP contribution in [0.1, 0.15) is 5.82 Å². The Morgan fingerprint density at radius 1 is 1.00 bits per heavy atom. The van der Waals surface area contributed by atoms with E-state index in [0.717, 1.165) is 16.8 Å². The van der Waals surface area contributed by atoms with E-state index in [-0.39, 0.29) is 19.1 Å². The van der Waals surface area contributed by atoms with Gasteiger partial charge < -0.3 is 24.1 Å². The lowest BCUT2D eigenvalue weighted by Gasteiger charge is -2.14. The maximum atomic E-state index is 13.0. The SMILES string of the molecule is COc1cc(OC)c(NC(=O)Cn2c(COc3ccccc3)nc3ccccc32)cc1Cl. The summed E-state index contributed by atoms with van der Waals surface area (Å²) in [5.41, 5.74) is 2.08. The first-order valence-electron chi connectivity index (χ1n) is 9.92. The van der Waals surface area contributed by atoms with Gasteiger partial charge in [0.15, 0.2) is 0 Å². The molecule has 32 heavy (non-hydrogen) atoms. The molecule has 0 aliphatic carbocycles. The number of nitrogens with zero attached hydrogens (tertiary/aromatic N) is 2. The minimum Gasteiger partial charge on any atom is -0.495 e. The first-order valence-corrected chi connectivity index (χ1v) is 10.3. The van der Waals surface area contributed by atoms with Crippen molar-refractivity contribution in [3.05, 3.63) is 77.6 Å². The van der Waals surface area contributed by atoms with Crippen LogP contribution in [0.5, 0.6) is 17.2 Å². The van der Waals surface area contributed by atoms with Crippen LogP contribution in [0.3, 0.4) is 0 Å². The topological polar surface area (TPSA) is 74.6 Å². The van der Waals surface area contributed by atoms with Crippen LogP contribution in [-0.4, -0.2) is 29.7 Å². The lowest BCUT2D eigenvalue weighted by molar-refractivity contribution is -0.116. The predicted octanol–water partition coefficient (Wildman–Crippen LogP) is 4.92. The summed E-state index contributed by atoms with van der Waals surface area (Å²) in [4.78, 5) is 17.6. The largest absolute Gasteiger partial charge is 0.495 e. The predicted molar refractivity (Wildman–Crippen MR) is 124 cm³/mol. The molecule has 0 saturated carbocycles. The van der Waals surface area contributed by atoms with Crippen LogP contribution in [0.2, 0.25) is 5.02 Å². The molecule has 4 rings (SSSR count). The van der Waals surface area contributed by atoms with Crippen molar-refractivity contribution in [2.24, 2.45) is 0 Å². The summed E-state index contributed by atoms with van der Waals surface area (Å²) in [7, 11) is 3.03. The van der Waals surface area contributed by atoms with E-state index in [0.29, 0.717) is 28.0 Å². The van der Waals surface area contributed by atoms with Crippen molar-refractivity contribution in [3.8, 4) is 17.2 Å². The first kappa shape index (κ1) is 21.5. The minimum absolute atomic E-state index is 0.0425. The summed E-state index contributed by atoms with van der Waals surface area (Å²) in [5, 5.41) is 3.23. The second-order valence-electron chi connectivity index (χ2n) is 6.94. The maximum absolute atomic E-state index is 13.0. The Hall–Kier alpha value is -3.71. The highest BCUT2D eigenvalue weighted by Crippen LogP contribution is 2.36. The number of rotatable bonds is 8. The summed E-state index contributed by atoms with van der Waals surface area (Å²) in [6.07, 6.45) is 0. The number of ether oxygens (including phenoxy) is 3. The second kappa shape index (κ2) is 9.62. The molecule has 1 heterocycles. The first-order chi connectivity index (χ1) is 15.6. The molecule has 0 radical (unpaired) electrons. The molecule has 0 bridgehead atoms. The van der Waals surface area contributed by atoms with Gasteiger partial charge in [-0.25, -0.2) is 4.98 Å². The minimum atomic E-state index is -0.256. The van der Waals surface area contributed by atoms with Crippen molar-refractivity contribution in [1.29, 1.82) is 0 Å². The van der Waals surface area contributed by atoms with Crippen molar-refractivity contribution in [1.82, 2.24) is 9.55 Å². The number of nitrogens with one attached hydrogen (secondary N) is 1. The summed E-state index contributed by atoms with van der Waals surface area (Å²) >= 11 is 6.22. The molecule has 0 atom stereocenters. The Bertz CT molecular complexity index is 1240. The van der Waals surface area contributed by atoms with Gasteiger partial charge in [0.05, 0.1) is 36.0 Å². The molecular formula is C24H22ClN3O4. The Labute approximate surface area is 190 Å². The molecule has 0 aliphatic rings. The molecule has 0 spiro atoms. The quantitative estimate of drug-likeness (QED) is 0.411. The van der Waals surface area contributed by atoms with E-state index in [9.17, 15) is 4.79 Å². The number of imidazole rings is 1. The zero-order valence-electron chi connectivity index (χ0n) is 17.7. The highest BCUT2D eigenvalue weighted by Gasteiger charge is 2.17. The number of hydrogen-bond donors (Lipinski definition) is 1. The number of fused-ring (bicyclic) bond motifs is 1. The Kier molecular flexibility index (Phi) is 6.47. The van der Waals surface area contributed by atoms with E-state index in [2.05, 4.69) is 10.3 Å². The summed E-state index contributed by atoms with van der Waals surface area (Å²) in [5.74, 6) is 2.02. The smallest absolute Gasteiger partial charge is 0.244 e. The van der Waals surface area contributed by atoms with Gasteiger partial charge in [0, 0.05) is 6.07 Å². The van der Waals surface area contributed by atoms with Crippen LogP contribution < -0.4 is 19.5 Å². The average molecular weight is 452 g/mol. The Morgan fingerprint density at radius 3 is 2.47 bits per heavy atom. The van der Waals surface area contributed by atoms with Gasteiger partial charge in [0.25, 0.3) is 0 Å². The van der Waals surface area contributed by atoms with Crippen molar-refractivity contribution < 1.29 is 19.0 Å². The highest BCUT2D eigenvalue weighted by molar-refractivity contribution is 6.32. The molecular weight excluding hydrogens is 430 g/mol. The van der Waals surface area contributed by atoms with Crippen LogP contribution in [0.15, 0.2) is 66.7 Å². The van der Waals surface area contributed by atoms with Gasteiger partial charge in [-0.2, -0.15) is 0 Å². The molecule has 3 aromatic carbocycles. The third kappa shape index (κ3) is 4.63. The molecule has 1 aromatic heterocycles. The van der Waals surface area contributed by atoms with Gasteiger partial charge in [-0.05, 0) is 30.3 Å². The number of amides is 1. The number of carbonyl (C=O) groups excluding carboxylic acids is 1. The summed E-state index contributed by atoms with van der Waals surface area (Å²) < 4.78 is 18.3. The van der Waals surface area contributed by atoms with Crippen LogP contribution in [0.4, 0.5) is 5.69 Å². The van der Waals surface area contributed by atoms with Gasteiger partial charge in [-0.3, -0.25) is 4.79 Å². The van der Waals surface area contributed by atoms with E-state index in [1.165, 1.54) is 14.2 Å². The fraction of sp³-hybridized carbons (Fsp3) is 0.167. The molecule has 0 fully saturated rings. The van der Waals surface area contributed by atoms with Crippen molar-refractivity contribution in [2.75, 3.05) is 19.5 Å². The van der Waals surface area contributed by atoms with Crippen LogP contribution >= 0.6 is 11.6 Å². The number of methoxy groups -OCH3 is 2. The number of halogens is 1. The van der Waals surface area contributed by atoms with Crippen LogP contribution in [0.25, 0.3) is 11.0 Å². The fourth-order valence-corrected chi connectivity index (χ4v) is 3.61. The molecule has 0 aliphatic heterocycles. The molecule has 0 unspecified atom stereocenters. The van der Waals surface area contributed by atoms with E-state index >= 15 is 0 Å². The molecule has 4 aromatic rings. The highest BCUT2D eigenvalue weighted by atomic mass is 35.5. The van der Waals surface area contributed by atoms with Crippen molar-refractivity contribution in [3.63, 3.8) is 0 Å². The molecule has 7 nitrogen and oxygen atoms in total. The lowest BCUT2D eigenvalue weighted by atomic mass is 10.2. The Balaban J connectivity index is 1.58. The number of benzene rings is 3. The molecule has 1 N–H and O–H groups in total. The molecule has 1 amide bonds. The van der Waals surface area contributed by atoms with Crippen molar-refractivity contribution in [2.45, 2.75) is 13.2 Å². The lowest BCUT2D eigenvalue weighted by Crippen LogP contribution is -2.21. The second-order valence-corrected chi connectivity index (χ2v) is 7.35. The normalized spacial score (nSPS) is 10.7. The number of carbonyl (C=O) groups is 1. The molecule has 164 valence electrons. The Morgan fingerprint density at radius 2 is 1.72 bits per heavy atom. The third-order valence-corrected chi connectivity index (χ3v) is 5.19. The average Bonchev–Trinajstić information content (AvgIpc) is 3.16. The number of anilines is 1. The summed E-state index contributed by atoms with van der Waals surface area (Å²) in [6, 6.07) is 20.3. The van der Waals surface area contributed by atoms with E-state index in [1.807, 2.05) is 59.2 Å². The number of aromatic nitrogens is 2. The monoisotopic (exact) mass is 451 g/mol. The molecule has 0 saturated heterocycles. The van der Waals surface area contributed by atoms with Gasteiger partial charge in [-0.15, -0.1) is 0 Å².